The van der Waals surface area contributed by atoms with Gasteiger partial charge in [0.1, 0.15) is 11.6 Å². The number of hydrogen-bond acceptors (Lipinski definition) is 6. The summed E-state index contributed by atoms with van der Waals surface area (Å²) in [5.74, 6) is 1.80. The van der Waals surface area contributed by atoms with E-state index in [1.54, 1.807) is 11.8 Å². The average Bonchev–Trinajstić information content (AvgIpc) is 3.09. The smallest absolute Gasteiger partial charge is 0.227 e. The fourth-order valence-electron chi connectivity index (χ4n) is 3.08. The number of nitrogens with zero attached hydrogens (tertiary/aromatic N) is 5. The zero-order valence-corrected chi connectivity index (χ0v) is 17.2. The largest absolute Gasteiger partial charge is 0.497 e. The summed E-state index contributed by atoms with van der Waals surface area (Å²) < 4.78 is 6.90. The minimum Gasteiger partial charge on any atom is -0.497 e. The van der Waals surface area contributed by atoms with Gasteiger partial charge < -0.3 is 15.4 Å². The molecular formula is C21H21ClN6O. The summed E-state index contributed by atoms with van der Waals surface area (Å²) in [6, 6.07) is 15.0. The molecule has 7 nitrogen and oxygen atoms in total. The Morgan fingerprint density at radius 1 is 1.14 bits per heavy atom. The number of benzene rings is 2. The summed E-state index contributed by atoms with van der Waals surface area (Å²) in [4.78, 5) is 11.4. The molecule has 2 aromatic heterocycles. The van der Waals surface area contributed by atoms with Gasteiger partial charge in [-0.1, -0.05) is 23.7 Å². The maximum atomic E-state index is 6.52. The van der Waals surface area contributed by atoms with Gasteiger partial charge in [-0.3, -0.25) is 0 Å². The lowest BCUT2D eigenvalue weighted by molar-refractivity contribution is 0.414. The highest BCUT2D eigenvalue weighted by Crippen LogP contribution is 2.34. The molecule has 0 unspecified atom stereocenters. The van der Waals surface area contributed by atoms with E-state index in [0.717, 1.165) is 23.5 Å². The first-order valence-corrected chi connectivity index (χ1v) is 9.57. The van der Waals surface area contributed by atoms with Crippen molar-refractivity contribution in [1.29, 1.82) is 0 Å². The van der Waals surface area contributed by atoms with Crippen molar-refractivity contribution in [3.8, 4) is 22.7 Å². The maximum absolute atomic E-state index is 6.52. The minimum absolute atomic E-state index is 0.464. The Bertz CT molecular complexity index is 1170. The number of hydrogen-bond donors (Lipinski definition) is 1. The molecule has 0 amide bonds. The van der Waals surface area contributed by atoms with Crippen LogP contribution in [0.1, 0.15) is 6.92 Å². The SMILES string of the molecule is CCN(C)c1nc(-c2cccc(Cl)c2)c2c(N)n(-c3ccc(OC)cc3)nc2n1. The predicted molar refractivity (Wildman–Crippen MR) is 117 cm³/mol. The van der Waals surface area contributed by atoms with Crippen LogP contribution >= 0.6 is 11.6 Å². The summed E-state index contributed by atoms with van der Waals surface area (Å²) in [6.07, 6.45) is 0. The van der Waals surface area contributed by atoms with E-state index < -0.39 is 0 Å². The highest BCUT2D eigenvalue weighted by Gasteiger charge is 2.20. The second-order valence-electron chi connectivity index (χ2n) is 6.59. The van der Waals surface area contributed by atoms with E-state index in [0.29, 0.717) is 33.5 Å². The molecule has 2 heterocycles. The van der Waals surface area contributed by atoms with Crippen LogP contribution in [0.5, 0.6) is 5.75 Å². The van der Waals surface area contributed by atoms with Gasteiger partial charge in [0.25, 0.3) is 0 Å². The van der Waals surface area contributed by atoms with Crippen LogP contribution in [-0.4, -0.2) is 40.5 Å². The fraction of sp³-hybridized carbons (Fsp3) is 0.190. The van der Waals surface area contributed by atoms with Crippen molar-refractivity contribution in [2.24, 2.45) is 0 Å². The van der Waals surface area contributed by atoms with Gasteiger partial charge in [-0.15, -0.1) is 5.10 Å². The normalized spacial score (nSPS) is 11.0. The quantitative estimate of drug-likeness (QED) is 0.533. The van der Waals surface area contributed by atoms with Gasteiger partial charge in [-0.25, -0.2) is 9.67 Å². The van der Waals surface area contributed by atoms with Crippen LogP contribution in [-0.2, 0) is 0 Å². The third-order valence-electron chi connectivity index (χ3n) is 4.79. The van der Waals surface area contributed by atoms with Gasteiger partial charge >= 0.3 is 0 Å². The van der Waals surface area contributed by atoms with Gasteiger partial charge in [0.2, 0.25) is 5.95 Å². The van der Waals surface area contributed by atoms with E-state index in [4.69, 9.17) is 27.1 Å². The third kappa shape index (κ3) is 3.45. The molecule has 4 aromatic rings. The zero-order valence-electron chi connectivity index (χ0n) is 16.4. The van der Waals surface area contributed by atoms with Crippen LogP contribution in [0.3, 0.4) is 0 Å². The summed E-state index contributed by atoms with van der Waals surface area (Å²) in [5.41, 5.74) is 9.41. The number of anilines is 2. The average molecular weight is 409 g/mol. The Labute approximate surface area is 173 Å². The van der Waals surface area contributed by atoms with Crippen molar-refractivity contribution in [2.45, 2.75) is 6.92 Å². The van der Waals surface area contributed by atoms with Crippen LogP contribution in [0.2, 0.25) is 5.02 Å². The summed E-state index contributed by atoms with van der Waals surface area (Å²) in [6.45, 7) is 2.80. The number of nitrogen functional groups attached to an aromatic ring is 1. The molecule has 0 aliphatic heterocycles. The van der Waals surface area contributed by atoms with E-state index in [-0.39, 0.29) is 0 Å². The lowest BCUT2D eigenvalue weighted by Crippen LogP contribution is -2.19. The van der Waals surface area contributed by atoms with E-state index in [1.807, 2.05) is 67.4 Å². The Kier molecular flexibility index (Phi) is 4.98. The van der Waals surface area contributed by atoms with Gasteiger partial charge in [0, 0.05) is 24.2 Å². The number of fused-ring (bicyclic) bond motifs is 1. The van der Waals surface area contributed by atoms with E-state index in [2.05, 4.69) is 10.1 Å². The minimum atomic E-state index is 0.464. The second-order valence-corrected chi connectivity index (χ2v) is 7.03. The van der Waals surface area contributed by atoms with Crippen LogP contribution in [0.4, 0.5) is 11.8 Å². The third-order valence-corrected chi connectivity index (χ3v) is 5.02. The lowest BCUT2D eigenvalue weighted by atomic mass is 10.1. The molecule has 0 saturated heterocycles. The van der Waals surface area contributed by atoms with Crippen molar-refractivity contribution in [3.05, 3.63) is 53.6 Å². The molecular weight excluding hydrogens is 388 g/mol. The molecule has 4 rings (SSSR count). The molecule has 0 aliphatic carbocycles. The predicted octanol–water partition coefficient (Wildman–Crippen LogP) is 4.18. The second kappa shape index (κ2) is 7.60. The monoisotopic (exact) mass is 408 g/mol. The number of methoxy groups -OCH3 is 1. The number of halogens is 1. The zero-order chi connectivity index (χ0) is 20.5. The van der Waals surface area contributed by atoms with Crippen molar-refractivity contribution in [1.82, 2.24) is 19.7 Å². The Morgan fingerprint density at radius 2 is 1.90 bits per heavy atom. The number of rotatable bonds is 5. The first kappa shape index (κ1) is 19.0. The molecule has 148 valence electrons. The molecule has 2 aromatic carbocycles. The standard InChI is InChI=1S/C21H21ClN6O/c1-4-27(2)21-24-18(13-6-5-7-14(22)12-13)17-19(23)28(26-20(17)25-21)15-8-10-16(29-3)11-9-15/h5-12H,4,23H2,1-3H3. The first-order chi connectivity index (χ1) is 14.0. The molecule has 29 heavy (non-hydrogen) atoms. The molecule has 0 fully saturated rings. The Morgan fingerprint density at radius 3 is 2.55 bits per heavy atom. The van der Waals surface area contributed by atoms with Gasteiger partial charge in [-0.05, 0) is 43.3 Å². The van der Waals surface area contributed by atoms with E-state index in [9.17, 15) is 0 Å². The van der Waals surface area contributed by atoms with Crippen molar-refractivity contribution in [2.75, 3.05) is 31.3 Å². The van der Waals surface area contributed by atoms with Gasteiger partial charge in [0.15, 0.2) is 5.65 Å². The fourth-order valence-corrected chi connectivity index (χ4v) is 3.27. The molecule has 2 N–H and O–H groups in total. The summed E-state index contributed by atoms with van der Waals surface area (Å²) in [5, 5.41) is 5.98. The Balaban J connectivity index is 1.98. The number of nitrogens with two attached hydrogens (primary N) is 1. The molecule has 0 atom stereocenters. The number of aromatic nitrogens is 4. The van der Waals surface area contributed by atoms with Crippen molar-refractivity contribution < 1.29 is 4.74 Å². The first-order valence-electron chi connectivity index (χ1n) is 9.19. The van der Waals surface area contributed by atoms with Crippen LogP contribution in [0.15, 0.2) is 48.5 Å². The molecule has 0 aliphatic rings. The summed E-state index contributed by atoms with van der Waals surface area (Å²) in [7, 11) is 3.57. The van der Waals surface area contributed by atoms with Gasteiger partial charge in [0.05, 0.1) is 23.9 Å². The molecule has 0 spiro atoms. The highest BCUT2D eigenvalue weighted by atomic mass is 35.5. The van der Waals surface area contributed by atoms with Crippen molar-refractivity contribution in [3.63, 3.8) is 0 Å². The Hall–Kier alpha value is -3.32. The van der Waals surface area contributed by atoms with E-state index in [1.165, 1.54) is 0 Å². The molecule has 8 heteroatoms. The highest BCUT2D eigenvalue weighted by molar-refractivity contribution is 6.30. The molecule has 0 radical (unpaired) electrons. The topological polar surface area (TPSA) is 82.1 Å². The molecule has 0 saturated carbocycles. The molecule has 0 bridgehead atoms. The summed E-state index contributed by atoms with van der Waals surface area (Å²) >= 11 is 6.23. The maximum Gasteiger partial charge on any atom is 0.227 e. The lowest BCUT2D eigenvalue weighted by Gasteiger charge is -2.15. The van der Waals surface area contributed by atoms with Crippen LogP contribution in [0.25, 0.3) is 28.0 Å². The van der Waals surface area contributed by atoms with Gasteiger partial charge in [-0.2, -0.15) is 4.98 Å². The van der Waals surface area contributed by atoms with E-state index >= 15 is 0 Å². The van der Waals surface area contributed by atoms with Crippen molar-refractivity contribution >= 4 is 34.4 Å². The van der Waals surface area contributed by atoms with Crippen LogP contribution < -0.4 is 15.4 Å². The number of ether oxygens (including phenoxy) is 1. The van der Waals surface area contributed by atoms with Crippen LogP contribution in [0, 0.1) is 0 Å².